The first-order valence-electron chi connectivity index (χ1n) is 7.23. The van der Waals surface area contributed by atoms with E-state index in [-0.39, 0.29) is 16.2 Å². The normalized spacial score (nSPS) is 11.2. The van der Waals surface area contributed by atoms with Crippen molar-refractivity contribution in [3.63, 3.8) is 0 Å². The third-order valence-electron chi connectivity index (χ3n) is 3.39. The van der Waals surface area contributed by atoms with Gasteiger partial charge in [-0.2, -0.15) is 0 Å². The number of hydrogen-bond acceptors (Lipinski definition) is 5. The Hall–Kier alpha value is -2.58. The highest BCUT2D eigenvalue weighted by molar-refractivity contribution is 7.90. The van der Waals surface area contributed by atoms with Gasteiger partial charge in [0.1, 0.15) is 16.6 Å². The van der Waals surface area contributed by atoms with Crippen LogP contribution in [0.15, 0.2) is 65.0 Å². The van der Waals surface area contributed by atoms with Crippen LogP contribution in [0.5, 0.6) is 0 Å². The van der Waals surface area contributed by atoms with E-state index >= 15 is 0 Å². The second-order valence-electron chi connectivity index (χ2n) is 5.14. The molecule has 0 aliphatic carbocycles. The van der Waals surface area contributed by atoms with Crippen molar-refractivity contribution in [2.24, 2.45) is 0 Å². The zero-order valence-electron chi connectivity index (χ0n) is 12.8. The molecule has 3 aromatic rings. The number of amides is 1. The summed E-state index contributed by atoms with van der Waals surface area (Å²) in [5.41, 5.74) is 0.296. The lowest BCUT2D eigenvalue weighted by atomic mass is 10.2. The standard InChI is InChI=1S/C17H13FN2O3S2/c18-15-4-2-1-3-14(15)17(21)20-12-5-7-13(8-6-12)25(22,23)11-16-19-9-10-24-16/h1-10H,11H2,(H,20,21). The molecule has 0 saturated heterocycles. The van der Waals surface area contributed by atoms with E-state index < -0.39 is 21.6 Å². The Morgan fingerprint density at radius 1 is 1.12 bits per heavy atom. The van der Waals surface area contributed by atoms with Crippen molar-refractivity contribution in [1.82, 2.24) is 4.98 Å². The van der Waals surface area contributed by atoms with Gasteiger partial charge in [0.15, 0.2) is 9.84 Å². The maximum Gasteiger partial charge on any atom is 0.258 e. The van der Waals surface area contributed by atoms with Gasteiger partial charge >= 0.3 is 0 Å². The van der Waals surface area contributed by atoms with Crippen molar-refractivity contribution in [3.8, 4) is 0 Å². The quantitative estimate of drug-likeness (QED) is 0.739. The van der Waals surface area contributed by atoms with Gasteiger partial charge in [0.05, 0.1) is 10.5 Å². The second kappa shape index (κ2) is 7.12. The zero-order chi connectivity index (χ0) is 17.9. The van der Waals surface area contributed by atoms with Gasteiger partial charge in [-0.1, -0.05) is 12.1 Å². The highest BCUT2D eigenvalue weighted by atomic mass is 32.2. The minimum absolute atomic E-state index is 0.0806. The van der Waals surface area contributed by atoms with E-state index in [1.54, 1.807) is 17.6 Å². The number of carbonyl (C=O) groups is 1. The van der Waals surface area contributed by atoms with Crippen LogP contribution in [-0.4, -0.2) is 19.3 Å². The van der Waals surface area contributed by atoms with Gasteiger partial charge in [-0.15, -0.1) is 11.3 Å². The minimum Gasteiger partial charge on any atom is -0.322 e. The molecule has 2 aromatic carbocycles. The Morgan fingerprint density at radius 2 is 1.84 bits per heavy atom. The topological polar surface area (TPSA) is 76.1 Å². The van der Waals surface area contributed by atoms with Gasteiger partial charge in [0.25, 0.3) is 5.91 Å². The van der Waals surface area contributed by atoms with E-state index in [0.29, 0.717) is 10.7 Å². The van der Waals surface area contributed by atoms with Crippen LogP contribution in [0.2, 0.25) is 0 Å². The van der Waals surface area contributed by atoms with Crippen molar-refractivity contribution in [2.45, 2.75) is 10.6 Å². The molecular weight excluding hydrogens is 363 g/mol. The highest BCUT2D eigenvalue weighted by Crippen LogP contribution is 2.20. The number of thiazole rings is 1. The lowest BCUT2D eigenvalue weighted by Gasteiger charge is -2.07. The van der Waals surface area contributed by atoms with Crippen LogP contribution in [0.4, 0.5) is 10.1 Å². The fourth-order valence-corrected chi connectivity index (χ4v) is 4.41. The zero-order valence-corrected chi connectivity index (χ0v) is 14.5. The molecule has 0 aliphatic rings. The molecule has 0 aliphatic heterocycles. The summed E-state index contributed by atoms with van der Waals surface area (Å²) < 4.78 is 38.3. The summed E-state index contributed by atoms with van der Waals surface area (Å²) in [6, 6.07) is 11.4. The van der Waals surface area contributed by atoms with E-state index in [1.165, 1.54) is 53.8 Å². The molecule has 1 N–H and O–H groups in total. The number of rotatable bonds is 5. The van der Waals surface area contributed by atoms with Crippen LogP contribution in [0.25, 0.3) is 0 Å². The Kier molecular flexibility index (Phi) is 4.91. The van der Waals surface area contributed by atoms with Crippen LogP contribution in [0, 0.1) is 5.82 Å². The summed E-state index contributed by atoms with van der Waals surface area (Å²) >= 11 is 1.27. The molecule has 0 bridgehead atoms. The third kappa shape index (κ3) is 4.09. The first-order valence-corrected chi connectivity index (χ1v) is 9.76. The molecule has 0 spiro atoms. The van der Waals surface area contributed by atoms with Gasteiger partial charge in [-0.3, -0.25) is 4.79 Å². The van der Waals surface area contributed by atoms with E-state index in [9.17, 15) is 17.6 Å². The molecule has 5 nitrogen and oxygen atoms in total. The highest BCUT2D eigenvalue weighted by Gasteiger charge is 2.17. The largest absolute Gasteiger partial charge is 0.322 e. The molecule has 25 heavy (non-hydrogen) atoms. The number of benzene rings is 2. The molecule has 0 radical (unpaired) electrons. The van der Waals surface area contributed by atoms with Crippen molar-refractivity contribution in [2.75, 3.05) is 5.32 Å². The summed E-state index contributed by atoms with van der Waals surface area (Å²) in [5.74, 6) is -1.40. The van der Waals surface area contributed by atoms with Gasteiger partial charge in [-0.05, 0) is 36.4 Å². The Labute approximate surface area is 148 Å². The molecule has 1 heterocycles. The lowest BCUT2D eigenvalue weighted by molar-refractivity contribution is 0.102. The summed E-state index contributed by atoms with van der Waals surface area (Å²) in [4.78, 5) is 16.2. The number of sulfone groups is 1. The summed E-state index contributed by atoms with van der Waals surface area (Å²) in [5, 5.41) is 4.76. The summed E-state index contributed by atoms with van der Waals surface area (Å²) in [7, 11) is -3.51. The van der Waals surface area contributed by atoms with Gasteiger partial charge in [-0.25, -0.2) is 17.8 Å². The fourth-order valence-electron chi connectivity index (χ4n) is 2.16. The van der Waals surface area contributed by atoms with E-state index in [1.807, 2.05) is 0 Å². The predicted molar refractivity (Wildman–Crippen MR) is 93.8 cm³/mol. The Morgan fingerprint density at radius 3 is 2.48 bits per heavy atom. The van der Waals surface area contributed by atoms with Crippen molar-refractivity contribution >= 4 is 32.8 Å². The van der Waals surface area contributed by atoms with Gasteiger partial charge in [0.2, 0.25) is 0 Å². The van der Waals surface area contributed by atoms with Gasteiger partial charge < -0.3 is 5.32 Å². The number of halogens is 1. The number of aromatic nitrogens is 1. The molecule has 0 unspecified atom stereocenters. The van der Waals surface area contributed by atoms with Crippen molar-refractivity contribution in [3.05, 3.63) is 76.5 Å². The fraction of sp³-hybridized carbons (Fsp3) is 0.0588. The monoisotopic (exact) mass is 376 g/mol. The SMILES string of the molecule is O=C(Nc1ccc(S(=O)(=O)Cc2nccs2)cc1)c1ccccc1F. The summed E-state index contributed by atoms with van der Waals surface area (Å²) in [6.07, 6.45) is 1.55. The lowest BCUT2D eigenvalue weighted by Crippen LogP contribution is -2.13. The minimum atomic E-state index is -3.51. The number of anilines is 1. The predicted octanol–water partition coefficient (Wildman–Crippen LogP) is 3.51. The Bertz CT molecular complexity index is 985. The molecule has 8 heteroatoms. The smallest absolute Gasteiger partial charge is 0.258 e. The average molecular weight is 376 g/mol. The number of hydrogen-bond donors (Lipinski definition) is 1. The first-order chi connectivity index (χ1) is 12.0. The molecular formula is C17H13FN2O3S2. The van der Waals surface area contributed by atoms with E-state index in [2.05, 4.69) is 10.3 Å². The molecule has 128 valence electrons. The van der Waals surface area contributed by atoms with Crippen molar-refractivity contribution < 1.29 is 17.6 Å². The summed E-state index contributed by atoms with van der Waals surface area (Å²) in [6.45, 7) is 0. The molecule has 3 rings (SSSR count). The Balaban J connectivity index is 1.74. The molecule has 0 fully saturated rings. The van der Waals surface area contributed by atoms with Crippen LogP contribution in [0.3, 0.4) is 0 Å². The second-order valence-corrected chi connectivity index (χ2v) is 8.11. The molecule has 1 amide bonds. The van der Waals surface area contributed by atoms with Gasteiger partial charge in [0, 0.05) is 17.3 Å². The number of carbonyl (C=O) groups excluding carboxylic acids is 1. The molecule has 0 saturated carbocycles. The van der Waals surface area contributed by atoms with Crippen LogP contribution >= 0.6 is 11.3 Å². The number of nitrogens with one attached hydrogen (secondary N) is 1. The van der Waals surface area contributed by atoms with E-state index in [4.69, 9.17) is 0 Å². The average Bonchev–Trinajstić information content (AvgIpc) is 3.08. The molecule has 1 aromatic heterocycles. The van der Waals surface area contributed by atoms with Crippen LogP contribution < -0.4 is 5.32 Å². The maximum atomic E-state index is 13.6. The third-order valence-corrected chi connectivity index (χ3v) is 5.99. The number of nitrogens with zero attached hydrogens (tertiary/aromatic N) is 1. The van der Waals surface area contributed by atoms with E-state index in [0.717, 1.165) is 0 Å². The molecule has 0 atom stereocenters. The maximum absolute atomic E-state index is 13.6. The van der Waals surface area contributed by atoms with Crippen LogP contribution in [0.1, 0.15) is 15.4 Å². The first kappa shape index (κ1) is 17.2. The van der Waals surface area contributed by atoms with Crippen molar-refractivity contribution in [1.29, 1.82) is 0 Å². The van der Waals surface area contributed by atoms with Crippen LogP contribution in [-0.2, 0) is 15.6 Å².